The highest BCUT2D eigenvalue weighted by atomic mass is 19.1. The Morgan fingerprint density at radius 1 is 1.19 bits per heavy atom. The van der Waals surface area contributed by atoms with Gasteiger partial charge in [-0.05, 0) is 53.9 Å². The van der Waals surface area contributed by atoms with Crippen molar-refractivity contribution in [3.8, 4) is 6.07 Å². The van der Waals surface area contributed by atoms with Gasteiger partial charge in [-0.15, -0.1) is 0 Å². The van der Waals surface area contributed by atoms with Crippen LogP contribution in [0.3, 0.4) is 0 Å². The number of hydrogen-bond donors (Lipinski definition) is 1. The zero-order chi connectivity index (χ0) is 15.7. The first-order valence-electron chi connectivity index (χ1n) is 7.62. The van der Waals surface area contributed by atoms with E-state index in [0.717, 1.165) is 18.4 Å². The third-order valence-corrected chi connectivity index (χ3v) is 4.24. The fraction of sp³-hybridized carbons (Fsp3) is 0.611. The molecular formula is C18H25FN2. The largest absolute Gasteiger partial charge is 0.310 e. The Kier molecular flexibility index (Phi) is 4.39. The molecule has 114 valence electrons. The minimum Gasteiger partial charge on any atom is -0.310 e. The fourth-order valence-electron chi connectivity index (χ4n) is 4.07. The summed E-state index contributed by atoms with van der Waals surface area (Å²) < 4.78 is 13.4. The van der Waals surface area contributed by atoms with Crippen LogP contribution in [0.4, 0.5) is 4.39 Å². The number of nitriles is 1. The summed E-state index contributed by atoms with van der Waals surface area (Å²) in [6, 6.07) is 6.99. The molecule has 2 nitrogen and oxygen atoms in total. The minimum absolute atomic E-state index is 0.333. The maximum absolute atomic E-state index is 13.4. The fourth-order valence-corrected chi connectivity index (χ4v) is 4.07. The van der Waals surface area contributed by atoms with E-state index in [0.29, 0.717) is 29.0 Å². The molecule has 1 aromatic rings. The summed E-state index contributed by atoms with van der Waals surface area (Å²) in [5, 5.41) is 12.5. The average molecular weight is 288 g/mol. The van der Waals surface area contributed by atoms with Gasteiger partial charge in [0.05, 0.1) is 11.6 Å². The molecule has 0 spiro atoms. The molecule has 0 unspecified atom stereocenters. The normalized spacial score (nSPS) is 21.0. The second-order valence-electron chi connectivity index (χ2n) is 7.95. The zero-order valence-electron chi connectivity index (χ0n) is 13.5. The number of halogens is 1. The van der Waals surface area contributed by atoms with Crippen LogP contribution in [-0.4, -0.2) is 6.04 Å². The predicted molar refractivity (Wildman–Crippen MR) is 83.2 cm³/mol. The van der Waals surface area contributed by atoms with Gasteiger partial charge < -0.3 is 5.32 Å². The molecule has 0 bridgehead atoms. The Bertz CT molecular complexity index is 539. The van der Waals surface area contributed by atoms with E-state index in [4.69, 9.17) is 5.26 Å². The molecule has 1 fully saturated rings. The van der Waals surface area contributed by atoms with Crippen molar-refractivity contribution in [2.75, 3.05) is 0 Å². The maximum Gasteiger partial charge on any atom is 0.124 e. The van der Waals surface area contributed by atoms with Crippen LogP contribution in [0.15, 0.2) is 18.2 Å². The third kappa shape index (κ3) is 4.54. The van der Waals surface area contributed by atoms with Crippen LogP contribution in [0, 0.1) is 28.0 Å². The number of nitrogens with one attached hydrogen (secondary N) is 1. The molecule has 0 amide bonds. The van der Waals surface area contributed by atoms with Gasteiger partial charge in [0.25, 0.3) is 0 Å². The van der Waals surface area contributed by atoms with Gasteiger partial charge in [-0.2, -0.15) is 5.26 Å². The van der Waals surface area contributed by atoms with E-state index >= 15 is 0 Å². The number of nitrogens with zero attached hydrogens (tertiary/aromatic N) is 1. The second kappa shape index (κ2) is 5.77. The standard InChI is InChI=1S/C18H25FN2/c1-17(2)8-16(9-18(3,4)12-17)21-11-14-5-13(10-20)6-15(19)7-14/h5-7,16,21H,8-9,11-12H2,1-4H3. The molecule has 21 heavy (non-hydrogen) atoms. The number of benzene rings is 1. The lowest BCUT2D eigenvalue weighted by Crippen LogP contribution is -2.43. The lowest BCUT2D eigenvalue weighted by Gasteiger charge is -2.45. The minimum atomic E-state index is -0.338. The topological polar surface area (TPSA) is 35.8 Å². The van der Waals surface area contributed by atoms with Gasteiger partial charge in [-0.3, -0.25) is 0 Å². The van der Waals surface area contributed by atoms with Gasteiger partial charge in [-0.1, -0.05) is 27.7 Å². The van der Waals surface area contributed by atoms with E-state index < -0.39 is 0 Å². The monoisotopic (exact) mass is 288 g/mol. The molecule has 1 N–H and O–H groups in total. The molecule has 0 aromatic heterocycles. The molecule has 0 heterocycles. The Balaban J connectivity index is 2.03. The molecule has 1 aliphatic rings. The van der Waals surface area contributed by atoms with E-state index in [2.05, 4.69) is 33.0 Å². The van der Waals surface area contributed by atoms with Gasteiger partial charge in [0.1, 0.15) is 5.82 Å². The average Bonchev–Trinajstić information content (AvgIpc) is 2.32. The number of hydrogen-bond acceptors (Lipinski definition) is 2. The van der Waals surface area contributed by atoms with E-state index in [-0.39, 0.29) is 5.82 Å². The lowest BCUT2D eigenvalue weighted by molar-refractivity contribution is 0.0845. The van der Waals surface area contributed by atoms with Gasteiger partial charge >= 0.3 is 0 Å². The highest BCUT2D eigenvalue weighted by Gasteiger charge is 2.38. The van der Waals surface area contributed by atoms with Crippen molar-refractivity contribution in [1.82, 2.24) is 5.32 Å². The van der Waals surface area contributed by atoms with Crippen molar-refractivity contribution in [3.05, 3.63) is 35.1 Å². The van der Waals surface area contributed by atoms with Crippen LogP contribution >= 0.6 is 0 Å². The van der Waals surface area contributed by atoms with Crippen LogP contribution in [-0.2, 0) is 6.54 Å². The first-order chi connectivity index (χ1) is 9.69. The molecule has 1 aromatic carbocycles. The van der Waals surface area contributed by atoms with Crippen LogP contribution in [0.1, 0.15) is 58.1 Å². The highest BCUT2D eigenvalue weighted by molar-refractivity contribution is 5.33. The van der Waals surface area contributed by atoms with Crippen molar-refractivity contribution in [3.63, 3.8) is 0 Å². The van der Waals surface area contributed by atoms with Gasteiger partial charge in [0.15, 0.2) is 0 Å². The van der Waals surface area contributed by atoms with Gasteiger partial charge in [-0.25, -0.2) is 4.39 Å². The summed E-state index contributed by atoms with van der Waals surface area (Å²) >= 11 is 0. The Morgan fingerprint density at radius 3 is 2.38 bits per heavy atom. The molecule has 0 atom stereocenters. The third-order valence-electron chi connectivity index (χ3n) is 4.24. The van der Waals surface area contributed by atoms with Crippen molar-refractivity contribution >= 4 is 0 Å². The maximum atomic E-state index is 13.4. The van der Waals surface area contributed by atoms with Crippen LogP contribution in [0.25, 0.3) is 0 Å². The number of rotatable bonds is 3. The van der Waals surface area contributed by atoms with Crippen LogP contribution < -0.4 is 5.32 Å². The molecule has 1 saturated carbocycles. The van der Waals surface area contributed by atoms with E-state index in [1.54, 1.807) is 6.07 Å². The Hall–Kier alpha value is -1.40. The molecule has 0 radical (unpaired) electrons. The first-order valence-corrected chi connectivity index (χ1v) is 7.62. The van der Waals surface area contributed by atoms with Gasteiger partial charge in [0, 0.05) is 12.6 Å². The molecule has 0 saturated heterocycles. The van der Waals surface area contributed by atoms with E-state index in [9.17, 15) is 4.39 Å². The summed E-state index contributed by atoms with van der Waals surface area (Å²) in [6.07, 6.45) is 3.50. The first kappa shape index (κ1) is 16.0. The van der Waals surface area contributed by atoms with E-state index in [1.807, 2.05) is 6.07 Å². The van der Waals surface area contributed by atoms with Crippen molar-refractivity contribution in [1.29, 1.82) is 5.26 Å². The van der Waals surface area contributed by atoms with Crippen LogP contribution in [0.2, 0.25) is 0 Å². The summed E-state index contributed by atoms with van der Waals surface area (Å²) in [7, 11) is 0. The molecule has 1 aliphatic carbocycles. The molecule has 0 aliphatic heterocycles. The van der Waals surface area contributed by atoms with Crippen molar-refractivity contribution in [2.45, 2.75) is 59.5 Å². The lowest BCUT2D eigenvalue weighted by atomic mass is 9.63. The second-order valence-corrected chi connectivity index (χ2v) is 7.95. The summed E-state index contributed by atoms with van der Waals surface area (Å²) in [4.78, 5) is 0. The van der Waals surface area contributed by atoms with Crippen molar-refractivity contribution < 1.29 is 4.39 Å². The SMILES string of the molecule is CC1(C)CC(NCc2cc(F)cc(C#N)c2)CC(C)(C)C1. The Labute approximate surface area is 127 Å². The van der Waals surface area contributed by atoms with Gasteiger partial charge in [0.2, 0.25) is 0 Å². The zero-order valence-corrected chi connectivity index (χ0v) is 13.5. The molecular weight excluding hydrogens is 263 g/mol. The van der Waals surface area contributed by atoms with E-state index in [1.165, 1.54) is 18.6 Å². The molecule has 2 rings (SSSR count). The highest BCUT2D eigenvalue weighted by Crippen LogP contribution is 2.45. The summed E-state index contributed by atoms with van der Waals surface area (Å²) in [5.74, 6) is -0.338. The smallest absolute Gasteiger partial charge is 0.124 e. The predicted octanol–water partition coefficient (Wildman–Crippen LogP) is 4.39. The molecule has 3 heteroatoms. The summed E-state index contributed by atoms with van der Waals surface area (Å²) in [5.41, 5.74) is 1.89. The quantitative estimate of drug-likeness (QED) is 0.895. The van der Waals surface area contributed by atoms with Crippen LogP contribution in [0.5, 0.6) is 0 Å². The summed E-state index contributed by atoms with van der Waals surface area (Å²) in [6.45, 7) is 9.89. The Morgan fingerprint density at radius 2 is 1.81 bits per heavy atom. The van der Waals surface area contributed by atoms with Crippen molar-refractivity contribution in [2.24, 2.45) is 10.8 Å².